The maximum atomic E-state index is 12.8. The molecule has 0 spiro atoms. The van der Waals surface area contributed by atoms with Crippen molar-refractivity contribution < 1.29 is 14.3 Å². The lowest BCUT2D eigenvalue weighted by atomic mass is 10.2. The summed E-state index contributed by atoms with van der Waals surface area (Å²) in [5.41, 5.74) is 9.22. The van der Waals surface area contributed by atoms with Crippen molar-refractivity contribution in [3.05, 3.63) is 76.4 Å². The molecule has 1 aliphatic carbocycles. The summed E-state index contributed by atoms with van der Waals surface area (Å²) in [5, 5.41) is 13.8. The van der Waals surface area contributed by atoms with Crippen LogP contribution in [0.1, 0.15) is 33.0 Å². The molecule has 3 N–H and O–H groups in total. The number of carbonyl (C=O) groups excluding carboxylic acids is 2. The molecule has 1 amide bonds. The Kier molecular flexibility index (Phi) is 7.90. The van der Waals surface area contributed by atoms with Crippen LogP contribution in [0.4, 0.5) is 11.5 Å². The molecule has 0 saturated carbocycles. The zero-order chi connectivity index (χ0) is 28.3. The van der Waals surface area contributed by atoms with E-state index in [1.165, 1.54) is 41.1 Å². The topological polar surface area (TPSA) is 138 Å². The van der Waals surface area contributed by atoms with Gasteiger partial charge in [0.05, 0.1) is 35.3 Å². The number of aryl methyl sites for hydroxylation is 2. The molecular weight excluding hydrogens is 579 g/mol. The lowest BCUT2D eigenvalue weighted by Gasteiger charge is -2.11. The Morgan fingerprint density at radius 2 is 1.85 bits per heavy atom. The van der Waals surface area contributed by atoms with Crippen molar-refractivity contribution >= 4 is 68.5 Å². The van der Waals surface area contributed by atoms with Crippen LogP contribution < -0.4 is 11.1 Å². The van der Waals surface area contributed by atoms with Crippen LogP contribution in [0.25, 0.3) is 15.9 Å². The standard InChI is InChI=1S/C28H25N7O3S3/c1-38-26(37)17-10-5-6-12-19(17)30-22(36)15-40-28-34-33-21(35(28)16-8-3-2-4-9-16)14-39-27-31-24(29)23-18-11-7-13-20(18)41-25(23)32-27/h2-6,8-10,12H,7,11,13-15H2,1H3,(H,30,36)(H2,29,31,32). The number of ether oxygens (including phenoxy) is 1. The number of para-hydroxylation sites is 2. The molecule has 0 unspecified atom stereocenters. The van der Waals surface area contributed by atoms with Crippen molar-refractivity contribution in [2.24, 2.45) is 0 Å². The highest BCUT2D eigenvalue weighted by atomic mass is 32.2. The maximum absolute atomic E-state index is 12.8. The number of benzene rings is 2. The smallest absolute Gasteiger partial charge is 0.339 e. The van der Waals surface area contributed by atoms with E-state index >= 15 is 0 Å². The van der Waals surface area contributed by atoms with Crippen LogP contribution in [0.2, 0.25) is 0 Å². The second-order valence-electron chi connectivity index (χ2n) is 9.16. The number of amides is 1. The van der Waals surface area contributed by atoms with Crippen LogP contribution in [-0.4, -0.2) is 49.5 Å². The molecule has 0 aliphatic heterocycles. The number of methoxy groups -OCH3 is 1. The fraction of sp³-hybridized carbons (Fsp3) is 0.214. The van der Waals surface area contributed by atoms with Crippen LogP contribution in [0, 0.1) is 0 Å². The molecule has 3 aromatic heterocycles. The summed E-state index contributed by atoms with van der Waals surface area (Å²) < 4.78 is 6.74. The number of anilines is 2. The van der Waals surface area contributed by atoms with Gasteiger partial charge in [0.2, 0.25) is 5.91 Å². The molecule has 0 fully saturated rings. The van der Waals surface area contributed by atoms with Crippen molar-refractivity contribution in [2.45, 2.75) is 35.3 Å². The van der Waals surface area contributed by atoms with Gasteiger partial charge in [-0.05, 0) is 49.1 Å². The predicted octanol–water partition coefficient (Wildman–Crippen LogP) is 5.15. The van der Waals surface area contributed by atoms with Gasteiger partial charge in [-0.3, -0.25) is 9.36 Å². The van der Waals surface area contributed by atoms with Gasteiger partial charge in [-0.15, -0.1) is 21.5 Å². The van der Waals surface area contributed by atoms with Crippen molar-refractivity contribution in [1.29, 1.82) is 0 Å². The normalized spacial score (nSPS) is 12.4. The van der Waals surface area contributed by atoms with Gasteiger partial charge < -0.3 is 15.8 Å². The average molecular weight is 604 g/mol. The van der Waals surface area contributed by atoms with Crippen molar-refractivity contribution in [3.63, 3.8) is 0 Å². The fourth-order valence-corrected chi connectivity index (χ4v) is 7.58. The molecule has 0 saturated heterocycles. The third-order valence-electron chi connectivity index (χ3n) is 6.56. The van der Waals surface area contributed by atoms with Gasteiger partial charge in [0, 0.05) is 10.6 Å². The van der Waals surface area contributed by atoms with Gasteiger partial charge in [-0.25, -0.2) is 14.8 Å². The SMILES string of the molecule is COC(=O)c1ccccc1NC(=O)CSc1nnc(CSc2nc(N)c3c4c(sc3n2)CCC4)n1-c1ccccc1. The first-order chi connectivity index (χ1) is 20.0. The van der Waals surface area contributed by atoms with E-state index in [2.05, 4.69) is 20.5 Å². The van der Waals surface area contributed by atoms with Gasteiger partial charge in [0.1, 0.15) is 16.5 Å². The van der Waals surface area contributed by atoms with E-state index < -0.39 is 5.97 Å². The number of hydrogen-bond donors (Lipinski definition) is 2. The van der Waals surface area contributed by atoms with E-state index in [4.69, 9.17) is 15.5 Å². The van der Waals surface area contributed by atoms with E-state index in [1.807, 2.05) is 34.9 Å². The Balaban J connectivity index is 1.20. The van der Waals surface area contributed by atoms with E-state index in [0.717, 1.165) is 35.2 Å². The number of fused-ring (bicyclic) bond motifs is 3. The van der Waals surface area contributed by atoms with Gasteiger partial charge in [-0.1, -0.05) is 53.9 Å². The number of nitrogen functional groups attached to an aromatic ring is 1. The minimum atomic E-state index is -0.521. The molecule has 0 radical (unpaired) electrons. The first kappa shape index (κ1) is 27.2. The summed E-state index contributed by atoms with van der Waals surface area (Å²) in [7, 11) is 1.30. The molecule has 13 heteroatoms. The fourth-order valence-electron chi connectivity index (χ4n) is 4.72. The number of thiophene rings is 1. The lowest BCUT2D eigenvalue weighted by Crippen LogP contribution is -2.17. The summed E-state index contributed by atoms with van der Waals surface area (Å²) in [6.45, 7) is 0. The largest absolute Gasteiger partial charge is 0.465 e. The zero-order valence-corrected chi connectivity index (χ0v) is 24.4. The monoisotopic (exact) mass is 603 g/mol. The number of esters is 1. The summed E-state index contributed by atoms with van der Waals surface area (Å²) >= 11 is 4.41. The first-order valence-corrected chi connectivity index (χ1v) is 15.6. The summed E-state index contributed by atoms with van der Waals surface area (Å²) in [6, 6.07) is 16.4. The highest BCUT2D eigenvalue weighted by Gasteiger charge is 2.22. The van der Waals surface area contributed by atoms with E-state index in [-0.39, 0.29) is 17.2 Å². The number of thioether (sulfide) groups is 2. The number of nitrogens with one attached hydrogen (secondary N) is 1. The third kappa shape index (κ3) is 5.65. The highest BCUT2D eigenvalue weighted by Crippen LogP contribution is 2.39. The second kappa shape index (κ2) is 11.9. The molecule has 41 heavy (non-hydrogen) atoms. The number of carbonyl (C=O) groups is 2. The molecular formula is C28H25N7O3S3. The molecule has 208 valence electrons. The van der Waals surface area contributed by atoms with Gasteiger partial charge in [0.15, 0.2) is 10.3 Å². The van der Waals surface area contributed by atoms with E-state index in [1.54, 1.807) is 35.6 Å². The van der Waals surface area contributed by atoms with Gasteiger partial charge in [0.25, 0.3) is 0 Å². The summed E-state index contributed by atoms with van der Waals surface area (Å²) in [6.07, 6.45) is 3.27. The molecule has 3 heterocycles. The average Bonchev–Trinajstić information content (AvgIpc) is 3.70. The number of aromatic nitrogens is 5. The molecule has 10 nitrogen and oxygen atoms in total. The van der Waals surface area contributed by atoms with Gasteiger partial charge >= 0.3 is 5.97 Å². The minimum Gasteiger partial charge on any atom is -0.465 e. The number of rotatable bonds is 9. The summed E-state index contributed by atoms with van der Waals surface area (Å²) in [4.78, 5) is 36.6. The number of hydrogen-bond acceptors (Lipinski definition) is 11. The lowest BCUT2D eigenvalue weighted by molar-refractivity contribution is -0.113. The van der Waals surface area contributed by atoms with Crippen molar-refractivity contribution in [2.75, 3.05) is 23.9 Å². The van der Waals surface area contributed by atoms with Crippen LogP contribution in [0.15, 0.2) is 64.9 Å². The summed E-state index contributed by atoms with van der Waals surface area (Å²) in [5.74, 6) is 0.926. The molecule has 0 bridgehead atoms. The Bertz CT molecular complexity index is 1750. The van der Waals surface area contributed by atoms with Crippen LogP contribution >= 0.6 is 34.9 Å². The van der Waals surface area contributed by atoms with Gasteiger partial charge in [-0.2, -0.15) is 0 Å². The predicted molar refractivity (Wildman–Crippen MR) is 162 cm³/mol. The Hall–Kier alpha value is -3.94. The molecule has 2 aromatic carbocycles. The molecule has 1 aliphatic rings. The quantitative estimate of drug-likeness (QED) is 0.132. The molecule has 0 atom stereocenters. The Morgan fingerprint density at radius 3 is 2.68 bits per heavy atom. The van der Waals surface area contributed by atoms with Crippen LogP contribution in [0.3, 0.4) is 0 Å². The molecule has 5 aromatic rings. The van der Waals surface area contributed by atoms with Crippen LogP contribution in [-0.2, 0) is 28.1 Å². The molecule has 6 rings (SSSR count). The third-order valence-corrected chi connectivity index (χ3v) is 9.51. The second-order valence-corrected chi connectivity index (χ2v) is 12.1. The first-order valence-electron chi connectivity index (χ1n) is 12.8. The number of nitrogens with zero attached hydrogens (tertiary/aromatic N) is 5. The Labute approximate surface area is 248 Å². The van der Waals surface area contributed by atoms with Crippen molar-refractivity contribution in [3.8, 4) is 5.69 Å². The van der Waals surface area contributed by atoms with Crippen molar-refractivity contribution in [1.82, 2.24) is 24.7 Å². The number of nitrogens with two attached hydrogens (primary N) is 1. The minimum absolute atomic E-state index is 0.0625. The van der Waals surface area contributed by atoms with E-state index in [0.29, 0.717) is 33.4 Å². The maximum Gasteiger partial charge on any atom is 0.339 e. The van der Waals surface area contributed by atoms with Crippen LogP contribution in [0.5, 0.6) is 0 Å². The Morgan fingerprint density at radius 1 is 1.05 bits per heavy atom. The van der Waals surface area contributed by atoms with E-state index in [9.17, 15) is 9.59 Å². The highest BCUT2D eigenvalue weighted by molar-refractivity contribution is 7.99. The zero-order valence-electron chi connectivity index (χ0n) is 22.0.